The number of hydrogen-bond donors (Lipinski definition) is 1. The minimum atomic E-state index is -2.71. The van der Waals surface area contributed by atoms with Crippen LogP contribution in [0.2, 0.25) is 0 Å². The van der Waals surface area contributed by atoms with Crippen LogP contribution in [0.5, 0.6) is 0 Å². The second-order valence-electron chi connectivity index (χ2n) is 3.43. The lowest BCUT2D eigenvalue weighted by Crippen LogP contribution is -2.68. The Morgan fingerprint density at radius 2 is 1.50 bits per heavy atom. The van der Waals surface area contributed by atoms with Crippen molar-refractivity contribution in [2.75, 3.05) is 21.3 Å². The number of nitrogens with two attached hydrogens (primary N) is 1. The molecule has 0 aromatic carbocycles. The summed E-state index contributed by atoms with van der Waals surface area (Å²) < 4.78 is 16.2. The Morgan fingerprint density at radius 3 is 1.71 bits per heavy atom. The Kier molecular flexibility index (Phi) is 5.85. The van der Waals surface area contributed by atoms with Gasteiger partial charge in [0.15, 0.2) is 0 Å². The Labute approximate surface area is 88.1 Å². The van der Waals surface area contributed by atoms with Crippen LogP contribution in [0.4, 0.5) is 0 Å². The maximum atomic E-state index is 6.31. The van der Waals surface area contributed by atoms with Crippen molar-refractivity contribution in [3.8, 4) is 0 Å². The zero-order valence-corrected chi connectivity index (χ0v) is 10.9. The van der Waals surface area contributed by atoms with Gasteiger partial charge in [-0.2, -0.15) is 0 Å². The fourth-order valence-corrected chi connectivity index (χ4v) is 4.56. The second kappa shape index (κ2) is 5.82. The molecule has 0 aromatic rings. The smallest absolute Gasteiger partial charge is 0.376 e. The van der Waals surface area contributed by atoms with E-state index < -0.39 is 14.0 Å². The third kappa shape index (κ3) is 2.35. The lowest BCUT2D eigenvalue weighted by Gasteiger charge is -2.40. The Morgan fingerprint density at radius 1 is 1.07 bits per heavy atom. The predicted octanol–water partition coefficient (Wildman–Crippen LogP) is 1.31. The summed E-state index contributed by atoms with van der Waals surface area (Å²) in [6.07, 6.45) is 2.64. The number of rotatable bonds is 7. The molecular weight excluding hydrogens is 198 g/mol. The molecule has 2 N–H and O–H groups in total. The summed E-state index contributed by atoms with van der Waals surface area (Å²) in [6, 6.07) is 0. The highest BCUT2D eigenvalue weighted by atomic mass is 28.4. The predicted molar refractivity (Wildman–Crippen MR) is 58.9 cm³/mol. The average molecular weight is 221 g/mol. The van der Waals surface area contributed by atoms with Gasteiger partial charge in [-0.05, 0) is 12.8 Å². The van der Waals surface area contributed by atoms with Crippen LogP contribution in [0, 0.1) is 0 Å². The van der Waals surface area contributed by atoms with Gasteiger partial charge in [0.1, 0.15) is 0 Å². The van der Waals surface area contributed by atoms with Crippen molar-refractivity contribution in [3.63, 3.8) is 0 Å². The van der Waals surface area contributed by atoms with Gasteiger partial charge in [0.25, 0.3) is 0 Å². The SMILES string of the molecule is CCCC(N)(CC)[Si](OC)(OC)OC. The molecule has 0 fully saturated rings. The van der Waals surface area contributed by atoms with E-state index in [1.54, 1.807) is 21.3 Å². The van der Waals surface area contributed by atoms with Crippen LogP contribution in [-0.2, 0) is 13.3 Å². The van der Waals surface area contributed by atoms with E-state index in [0.29, 0.717) is 0 Å². The molecule has 5 heteroatoms. The molecule has 0 spiro atoms. The molecule has 0 bridgehead atoms. The molecule has 4 nitrogen and oxygen atoms in total. The maximum absolute atomic E-state index is 6.31. The van der Waals surface area contributed by atoms with Gasteiger partial charge in [0.05, 0.1) is 5.16 Å². The van der Waals surface area contributed by atoms with Gasteiger partial charge in [-0.1, -0.05) is 20.3 Å². The summed E-state index contributed by atoms with van der Waals surface area (Å²) in [5.41, 5.74) is 6.31. The highest BCUT2D eigenvalue weighted by Crippen LogP contribution is 2.28. The van der Waals surface area contributed by atoms with Crippen LogP contribution in [0.1, 0.15) is 33.1 Å². The molecule has 1 atom stereocenters. The Balaban J connectivity index is 4.90. The normalized spacial score (nSPS) is 16.7. The van der Waals surface area contributed by atoms with Gasteiger partial charge in [-0.15, -0.1) is 0 Å². The summed E-state index contributed by atoms with van der Waals surface area (Å²) in [5.74, 6) is 0. The van der Waals surface area contributed by atoms with Gasteiger partial charge >= 0.3 is 8.80 Å². The fraction of sp³-hybridized carbons (Fsp3) is 1.00. The first-order valence-corrected chi connectivity index (χ1v) is 6.72. The molecule has 1 unspecified atom stereocenters. The molecule has 86 valence electrons. The van der Waals surface area contributed by atoms with Crippen LogP contribution in [0.25, 0.3) is 0 Å². The highest BCUT2D eigenvalue weighted by molar-refractivity contribution is 6.64. The standard InChI is InChI=1S/C9H23NO3Si/c1-6-8-9(10,7-2)14(11-3,12-4)13-5/h6-8,10H2,1-5H3. The first kappa shape index (κ1) is 14.1. The Bertz CT molecular complexity index is 156. The summed E-state index contributed by atoms with van der Waals surface area (Å²) in [7, 11) is 2.10. The van der Waals surface area contributed by atoms with Crippen molar-refractivity contribution in [2.45, 2.75) is 38.3 Å². The molecule has 14 heavy (non-hydrogen) atoms. The second-order valence-corrected chi connectivity index (χ2v) is 6.76. The van der Waals surface area contributed by atoms with Gasteiger partial charge in [-0.25, -0.2) is 0 Å². The summed E-state index contributed by atoms with van der Waals surface area (Å²) in [5, 5.41) is -0.472. The molecule has 0 saturated carbocycles. The van der Waals surface area contributed by atoms with E-state index in [9.17, 15) is 0 Å². The average Bonchev–Trinajstić information content (AvgIpc) is 2.21. The lowest BCUT2D eigenvalue weighted by molar-refractivity contribution is 0.0873. The van der Waals surface area contributed by atoms with Crippen LogP contribution in [0.15, 0.2) is 0 Å². The van der Waals surface area contributed by atoms with E-state index in [1.165, 1.54) is 0 Å². The topological polar surface area (TPSA) is 53.7 Å². The van der Waals surface area contributed by atoms with Crippen molar-refractivity contribution in [1.29, 1.82) is 0 Å². The molecule has 0 aliphatic heterocycles. The molecule has 0 heterocycles. The third-order valence-corrected chi connectivity index (χ3v) is 6.18. The molecule has 0 aromatic heterocycles. The maximum Gasteiger partial charge on any atom is 0.521 e. The van der Waals surface area contributed by atoms with Crippen LogP contribution in [-0.4, -0.2) is 35.3 Å². The number of hydrogen-bond acceptors (Lipinski definition) is 4. The van der Waals surface area contributed by atoms with Crippen molar-refractivity contribution >= 4 is 8.80 Å². The fourth-order valence-electron chi connectivity index (χ4n) is 1.85. The quantitative estimate of drug-likeness (QED) is 0.659. The summed E-state index contributed by atoms with van der Waals surface area (Å²) in [6.45, 7) is 4.13. The van der Waals surface area contributed by atoms with E-state index in [1.807, 2.05) is 6.92 Å². The largest absolute Gasteiger partial charge is 0.521 e. The van der Waals surface area contributed by atoms with E-state index in [-0.39, 0.29) is 0 Å². The van der Waals surface area contributed by atoms with Gasteiger partial charge in [0, 0.05) is 21.3 Å². The summed E-state index contributed by atoms with van der Waals surface area (Å²) in [4.78, 5) is 0. The van der Waals surface area contributed by atoms with E-state index in [4.69, 9.17) is 19.0 Å². The first-order chi connectivity index (χ1) is 6.55. The zero-order chi connectivity index (χ0) is 11.2. The van der Waals surface area contributed by atoms with Crippen molar-refractivity contribution in [1.82, 2.24) is 0 Å². The molecule has 0 amide bonds. The van der Waals surface area contributed by atoms with E-state index in [2.05, 4.69) is 6.92 Å². The Hall–Kier alpha value is 0.0569. The molecule has 0 radical (unpaired) electrons. The molecule has 0 saturated heterocycles. The van der Waals surface area contributed by atoms with Crippen LogP contribution in [0.3, 0.4) is 0 Å². The zero-order valence-electron chi connectivity index (χ0n) is 9.92. The van der Waals surface area contributed by atoms with Gasteiger partial charge in [-0.3, -0.25) is 0 Å². The summed E-state index contributed by atoms with van der Waals surface area (Å²) >= 11 is 0. The third-order valence-electron chi connectivity index (χ3n) is 2.74. The molecule has 0 rings (SSSR count). The minimum Gasteiger partial charge on any atom is -0.376 e. The molecule has 0 aliphatic carbocycles. The van der Waals surface area contributed by atoms with Crippen molar-refractivity contribution in [2.24, 2.45) is 5.73 Å². The van der Waals surface area contributed by atoms with Gasteiger partial charge in [0.2, 0.25) is 0 Å². The van der Waals surface area contributed by atoms with Crippen molar-refractivity contribution < 1.29 is 13.3 Å². The van der Waals surface area contributed by atoms with Crippen molar-refractivity contribution in [3.05, 3.63) is 0 Å². The van der Waals surface area contributed by atoms with E-state index in [0.717, 1.165) is 19.3 Å². The monoisotopic (exact) mass is 221 g/mol. The van der Waals surface area contributed by atoms with Crippen LogP contribution < -0.4 is 5.73 Å². The van der Waals surface area contributed by atoms with E-state index >= 15 is 0 Å². The van der Waals surface area contributed by atoms with Gasteiger partial charge < -0.3 is 19.0 Å². The molecular formula is C9H23NO3Si. The van der Waals surface area contributed by atoms with Crippen LogP contribution >= 0.6 is 0 Å². The lowest BCUT2D eigenvalue weighted by atomic mass is 10.1. The molecule has 0 aliphatic rings. The minimum absolute atomic E-state index is 0.472. The first-order valence-electron chi connectivity index (χ1n) is 5.00. The highest BCUT2D eigenvalue weighted by Gasteiger charge is 2.55.